The molecule has 0 aliphatic carbocycles. The average molecular weight is 518 g/mol. The summed E-state index contributed by atoms with van der Waals surface area (Å²) < 4.78 is 7.75. The first kappa shape index (κ1) is 20.1. The summed E-state index contributed by atoms with van der Waals surface area (Å²) in [4.78, 5) is 3.20. The lowest BCUT2D eigenvalue weighted by molar-refractivity contribution is 0.284. The van der Waals surface area contributed by atoms with E-state index in [2.05, 4.69) is 43.7 Å². The Bertz CT molecular complexity index is 783. The number of ether oxygens (including phenoxy) is 1. The molecule has 1 aliphatic rings. The van der Waals surface area contributed by atoms with Gasteiger partial charge in [0.1, 0.15) is 17.3 Å². The predicted octanol–water partition coefficient (Wildman–Crippen LogP) is 6.85. The van der Waals surface area contributed by atoms with Crippen LogP contribution in [0.25, 0.3) is 0 Å². The number of benzene rings is 2. The maximum atomic E-state index is 6.21. The van der Waals surface area contributed by atoms with Gasteiger partial charge in [0.2, 0.25) is 0 Å². The first-order valence-electron chi connectivity index (χ1n) is 8.60. The zero-order valence-electron chi connectivity index (χ0n) is 14.5. The van der Waals surface area contributed by atoms with E-state index in [0.717, 1.165) is 49.8 Å². The molecule has 1 saturated heterocycles. The van der Waals surface area contributed by atoms with Crippen LogP contribution in [0.4, 0.5) is 0 Å². The highest BCUT2D eigenvalue weighted by Gasteiger charge is 2.20. The third-order valence-corrected chi connectivity index (χ3v) is 6.69. The molecule has 1 aliphatic heterocycles. The zero-order chi connectivity index (χ0) is 18.7. The molecule has 0 atom stereocenters. The van der Waals surface area contributed by atoms with Crippen molar-refractivity contribution in [3.63, 3.8) is 0 Å². The van der Waals surface area contributed by atoms with Crippen LogP contribution >= 0.6 is 55.7 Å². The van der Waals surface area contributed by atoms with Crippen LogP contribution in [0.2, 0.25) is 5.02 Å². The summed E-state index contributed by atoms with van der Waals surface area (Å²) in [5, 5.41) is 0.705. The van der Waals surface area contributed by atoms with Gasteiger partial charge >= 0.3 is 0 Å². The fraction of sp³-hybridized carbons (Fsp3) is 0.350. The fourth-order valence-electron chi connectivity index (χ4n) is 2.98. The maximum Gasteiger partial charge on any atom is 0.148 e. The largest absolute Gasteiger partial charge is 0.486 e. The van der Waals surface area contributed by atoms with Crippen LogP contribution < -0.4 is 4.74 Å². The number of likely N-dealkylation sites (tertiary alicyclic amines) is 1. The minimum Gasteiger partial charge on any atom is -0.486 e. The average Bonchev–Trinajstić information content (AvgIpc) is 2.62. The number of thiocarbonyl (C=S) groups is 1. The van der Waals surface area contributed by atoms with E-state index < -0.39 is 0 Å². The van der Waals surface area contributed by atoms with Crippen molar-refractivity contribution >= 4 is 60.7 Å². The lowest BCUT2D eigenvalue weighted by Gasteiger charge is -2.32. The maximum absolute atomic E-state index is 6.21. The van der Waals surface area contributed by atoms with Crippen molar-refractivity contribution in [3.05, 3.63) is 61.5 Å². The highest BCUT2D eigenvalue weighted by atomic mass is 79.9. The van der Waals surface area contributed by atoms with Gasteiger partial charge in [-0.25, -0.2) is 0 Å². The number of nitrogens with zero attached hydrogens (tertiary/aromatic N) is 1. The van der Waals surface area contributed by atoms with Gasteiger partial charge in [-0.05, 0) is 68.8 Å². The summed E-state index contributed by atoms with van der Waals surface area (Å²) in [5.74, 6) is 1.54. The highest BCUT2D eigenvalue weighted by Crippen LogP contribution is 2.36. The Morgan fingerprint density at radius 1 is 1.19 bits per heavy atom. The van der Waals surface area contributed by atoms with Crippen molar-refractivity contribution in [2.75, 3.05) is 13.1 Å². The molecular formula is C20H20Br2ClNOS. The van der Waals surface area contributed by atoms with Crippen LogP contribution in [0, 0.1) is 5.92 Å². The van der Waals surface area contributed by atoms with E-state index >= 15 is 0 Å². The third kappa shape index (κ3) is 4.80. The first-order valence-corrected chi connectivity index (χ1v) is 11.0. The molecule has 2 aromatic rings. The molecule has 0 aromatic heterocycles. The monoisotopic (exact) mass is 515 g/mol. The second-order valence-electron chi connectivity index (χ2n) is 6.62. The molecule has 1 fully saturated rings. The normalized spacial score (nSPS) is 15.2. The van der Waals surface area contributed by atoms with Crippen molar-refractivity contribution < 1.29 is 4.74 Å². The quantitative estimate of drug-likeness (QED) is 0.412. The highest BCUT2D eigenvalue weighted by molar-refractivity contribution is 9.11. The van der Waals surface area contributed by atoms with Crippen LogP contribution in [-0.4, -0.2) is 23.0 Å². The first-order chi connectivity index (χ1) is 12.5. The second kappa shape index (κ2) is 9.05. The van der Waals surface area contributed by atoms with E-state index in [1.807, 2.05) is 36.4 Å². The van der Waals surface area contributed by atoms with Crippen molar-refractivity contribution in [1.82, 2.24) is 4.90 Å². The Morgan fingerprint density at radius 2 is 1.81 bits per heavy atom. The fourth-order valence-corrected chi connectivity index (χ4v) is 4.89. The van der Waals surface area contributed by atoms with E-state index in [-0.39, 0.29) is 0 Å². The molecule has 0 spiro atoms. The lowest BCUT2D eigenvalue weighted by atomic mass is 9.99. The van der Waals surface area contributed by atoms with Gasteiger partial charge in [0, 0.05) is 29.2 Å². The molecule has 0 saturated carbocycles. The van der Waals surface area contributed by atoms with Crippen molar-refractivity contribution in [2.45, 2.75) is 26.4 Å². The second-order valence-corrected chi connectivity index (χ2v) is 9.13. The molecule has 1 heterocycles. The minimum atomic E-state index is 0.407. The molecule has 0 unspecified atom stereocenters. The van der Waals surface area contributed by atoms with Crippen molar-refractivity contribution in [3.8, 4) is 5.75 Å². The standard InChI is InChI=1S/C20H20Br2ClNOS/c1-13-6-8-24(9-7-13)20(26)15-10-16(21)19(17(22)11-15)25-12-14-4-2-3-5-18(14)23/h2-5,10-11,13H,6-9,12H2,1H3. The SMILES string of the molecule is CC1CCN(C(=S)c2cc(Br)c(OCc3ccccc3Cl)c(Br)c2)CC1. The topological polar surface area (TPSA) is 12.5 Å². The van der Waals surface area contributed by atoms with Gasteiger partial charge in [-0.2, -0.15) is 0 Å². The summed E-state index contributed by atoms with van der Waals surface area (Å²) in [5.41, 5.74) is 1.98. The zero-order valence-corrected chi connectivity index (χ0v) is 19.2. The van der Waals surface area contributed by atoms with E-state index in [0.29, 0.717) is 11.6 Å². The summed E-state index contributed by atoms with van der Waals surface area (Å²) in [6.45, 7) is 4.77. The van der Waals surface area contributed by atoms with Gasteiger partial charge < -0.3 is 9.64 Å². The summed E-state index contributed by atoms with van der Waals surface area (Å²) in [6, 6.07) is 11.8. The van der Waals surface area contributed by atoms with Crippen LogP contribution in [0.15, 0.2) is 45.3 Å². The predicted molar refractivity (Wildman–Crippen MR) is 119 cm³/mol. The smallest absolute Gasteiger partial charge is 0.148 e. The summed E-state index contributed by atoms with van der Waals surface area (Å²) in [7, 11) is 0. The molecule has 138 valence electrons. The van der Waals surface area contributed by atoms with Crippen LogP contribution in [0.1, 0.15) is 30.9 Å². The summed E-state index contributed by atoms with van der Waals surface area (Å²) >= 11 is 19.2. The molecule has 6 heteroatoms. The Labute approximate surface area is 182 Å². The van der Waals surface area contributed by atoms with Crippen LogP contribution in [0.3, 0.4) is 0 Å². The van der Waals surface area contributed by atoms with E-state index in [1.54, 1.807) is 0 Å². The van der Waals surface area contributed by atoms with Crippen LogP contribution in [-0.2, 0) is 6.61 Å². The molecule has 0 bridgehead atoms. The summed E-state index contributed by atoms with van der Waals surface area (Å²) in [6.07, 6.45) is 2.39. The van der Waals surface area contributed by atoms with Gasteiger partial charge in [0.05, 0.1) is 8.95 Å². The van der Waals surface area contributed by atoms with Gasteiger partial charge in [-0.3, -0.25) is 0 Å². The Balaban J connectivity index is 1.74. The van der Waals surface area contributed by atoms with E-state index in [1.165, 1.54) is 12.8 Å². The van der Waals surface area contributed by atoms with Gasteiger partial charge in [0.15, 0.2) is 0 Å². The van der Waals surface area contributed by atoms with Gasteiger partial charge in [-0.1, -0.05) is 48.9 Å². The van der Waals surface area contributed by atoms with Gasteiger partial charge in [0.25, 0.3) is 0 Å². The molecule has 0 radical (unpaired) electrons. The Hall–Kier alpha value is -0.620. The minimum absolute atomic E-state index is 0.407. The Kier molecular flexibility index (Phi) is 7.00. The number of hydrogen-bond donors (Lipinski definition) is 0. The molecule has 0 amide bonds. The molecule has 2 nitrogen and oxygen atoms in total. The van der Waals surface area contributed by atoms with E-state index in [4.69, 9.17) is 28.6 Å². The third-order valence-electron chi connectivity index (χ3n) is 4.65. The molecule has 0 N–H and O–H groups in total. The number of halogens is 3. The molecule has 26 heavy (non-hydrogen) atoms. The number of rotatable bonds is 4. The van der Waals surface area contributed by atoms with Gasteiger partial charge in [-0.15, -0.1) is 0 Å². The number of piperidine rings is 1. The van der Waals surface area contributed by atoms with Crippen molar-refractivity contribution in [2.24, 2.45) is 5.92 Å². The van der Waals surface area contributed by atoms with E-state index in [9.17, 15) is 0 Å². The lowest BCUT2D eigenvalue weighted by Crippen LogP contribution is -2.37. The van der Waals surface area contributed by atoms with Crippen LogP contribution in [0.5, 0.6) is 5.75 Å². The molecular weight excluding hydrogens is 498 g/mol. The van der Waals surface area contributed by atoms with Crippen molar-refractivity contribution in [1.29, 1.82) is 0 Å². The molecule has 2 aromatic carbocycles. The number of hydrogen-bond acceptors (Lipinski definition) is 2. The molecule has 3 rings (SSSR count). The Morgan fingerprint density at radius 3 is 2.42 bits per heavy atom.